The van der Waals surface area contributed by atoms with Crippen molar-refractivity contribution < 1.29 is 9.53 Å². The minimum absolute atomic E-state index is 0.0395. The summed E-state index contributed by atoms with van der Waals surface area (Å²) < 4.78 is 5.84. The number of pyridine rings is 1. The summed E-state index contributed by atoms with van der Waals surface area (Å²) in [6.45, 7) is 0.642. The lowest BCUT2D eigenvalue weighted by molar-refractivity contribution is -0.123. The molecule has 30 heavy (non-hydrogen) atoms. The topological polar surface area (TPSA) is 51.2 Å². The maximum absolute atomic E-state index is 12.4. The quantitative estimate of drug-likeness (QED) is 0.597. The van der Waals surface area contributed by atoms with Crippen LogP contribution in [-0.4, -0.2) is 24.0 Å². The summed E-state index contributed by atoms with van der Waals surface area (Å²) in [5.41, 5.74) is 4.81. The third-order valence-corrected chi connectivity index (χ3v) is 5.71. The zero-order valence-electron chi connectivity index (χ0n) is 17.2. The molecule has 0 unspecified atom stereocenters. The van der Waals surface area contributed by atoms with Gasteiger partial charge in [-0.1, -0.05) is 60.7 Å². The summed E-state index contributed by atoms with van der Waals surface area (Å²) in [7, 11) is 0. The summed E-state index contributed by atoms with van der Waals surface area (Å²) in [6.07, 6.45) is 6.93. The molecule has 0 atom stereocenters. The summed E-state index contributed by atoms with van der Waals surface area (Å²) in [5.74, 6) is 0.971. The standard InChI is InChI=1S/C26H28N2O2/c29-26(19-30-25-16-18-27-24-14-8-7-13-23(24)25)28-17-15-22(20-9-3-1-4-10-20)21-11-5-2-6-12-21/h1-6,9-12,16,18,22H,7-8,13-15,17,19H2,(H,28,29). The highest BCUT2D eigenvalue weighted by Crippen LogP contribution is 2.28. The predicted molar refractivity (Wildman–Crippen MR) is 119 cm³/mol. The van der Waals surface area contributed by atoms with Crippen molar-refractivity contribution in [3.05, 3.63) is 95.3 Å². The van der Waals surface area contributed by atoms with Gasteiger partial charge in [-0.05, 0) is 49.3 Å². The number of fused-ring (bicyclic) bond motifs is 1. The highest BCUT2D eigenvalue weighted by Gasteiger charge is 2.17. The molecule has 0 fully saturated rings. The molecular weight excluding hydrogens is 372 g/mol. The number of carbonyl (C=O) groups excluding carboxylic acids is 1. The van der Waals surface area contributed by atoms with Crippen LogP contribution < -0.4 is 10.1 Å². The lowest BCUT2D eigenvalue weighted by atomic mass is 9.88. The van der Waals surface area contributed by atoms with Gasteiger partial charge in [0.1, 0.15) is 5.75 Å². The summed E-state index contributed by atoms with van der Waals surface area (Å²) >= 11 is 0. The van der Waals surface area contributed by atoms with Crippen LogP contribution >= 0.6 is 0 Å². The van der Waals surface area contributed by atoms with Crippen molar-refractivity contribution in [3.63, 3.8) is 0 Å². The maximum atomic E-state index is 12.4. The van der Waals surface area contributed by atoms with E-state index in [1.54, 1.807) is 6.20 Å². The van der Waals surface area contributed by atoms with E-state index in [1.807, 2.05) is 18.2 Å². The van der Waals surface area contributed by atoms with Gasteiger partial charge < -0.3 is 10.1 Å². The number of aryl methyl sites for hydroxylation is 1. The third kappa shape index (κ3) is 5.07. The summed E-state index contributed by atoms with van der Waals surface area (Å²) in [5, 5.41) is 3.02. The molecular formula is C26H28N2O2. The second-order valence-electron chi connectivity index (χ2n) is 7.74. The SMILES string of the molecule is O=C(COc1ccnc2c1CCCC2)NCCC(c1ccccc1)c1ccccc1. The maximum Gasteiger partial charge on any atom is 0.257 e. The van der Waals surface area contributed by atoms with E-state index in [2.05, 4.69) is 58.8 Å². The van der Waals surface area contributed by atoms with E-state index in [-0.39, 0.29) is 18.4 Å². The average Bonchev–Trinajstić information content (AvgIpc) is 2.81. The van der Waals surface area contributed by atoms with Crippen LogP contribution in [-0.2, 0) is 17.6 Å². The molecule has 1 aliphatic carbocycles. The first-order chi connectivity index (χ1) is 14.8. The number of amides is 1. The Labute approximate surface area is 178 Å². The highest BCUT2D eigenvalue weighted by atomic mass is 16.5. The molecule has 154 valence electrons. The zero-order valence-corrected chi connectivity index (χ0v) is 17.2. The molecule has 1 heterocycles. The molecule has 0 aliphatic heterocycles. The van der Waals surface area contributed by atoms with Gasteiger partial charge >= 0.3 is 0 Å². The van der Waals surface area contributed by atoms with Crippen LogP contribution in [0.25, 0.3) is 0 Å². The van der Waals surface area contributed by atoms with Crippen molar-refractivity contribution in [1.82, 2.24) is 10.3 Å². The Kier molecular flexibility index (Phi) is 6.75. The fourth-order valence-corrected chi connectivity index (χ4v) is 4.17. The summed E-state index contributed by atoms with van der Waals surface area (Å²) in [6, 6.07) is 22.8. The van der Waals surface area contributed by atoms with Crippen LogP contribution in [0.4, 0.5) is 0 Å². The molecule has 1 aliphatic rings. The zero-order chi connectivity index (χ0) is 20.6. The lowest BCUT2D eigenvalue weighted by Gasteiger charge is -2.19. The van der Waals surface area contributed by atoms with E-state index in [9.17, 15) is 4.79 Å². The number of nitrogens with zero attached hydrogens (tertiary/aromatic N) is 1. The van der Waals surface area contributed by atoms with Gasteiger partial charge in [0, 0.05) is 29.9 Å². The minimum atomic E-state index is -0.0868. The number of hydrogen-bond acceptors (Lipinski definition) is 3. The fraction of sp³-hybridized carbons (Fsp3) is 0.308. The van der Waals surface area contributed by atoms with E-state index >= 15 is 0 Å². The highest BCUT2D eigenvalue weighted by molar-refractivity contribution is 5.77. The Morgan fingerprint density at radius 1 is 0.933 bits per heavy atom. The van der Waals surface area contributed by atoms with Crippen LogP contribution in [0, 0.1) is 0 Å². The number of ether oxygens (including phenoxy) is 1. The van der Waals surface area contributed by atoms with Crippen molar-refractivity contribution in [2.45, 2.75) is 38.0 Å². The van der Waals surface area contributed by atoms with Gasteiger partial charge in [-0.25, -0.2) is 0 Å². The van der Waals surface area contributed by atoms with Crippen LogP contribution in [0.2, 0.25) is 0 Å². The molecule has 4 heteroatoms. The predicted octanol–water partition coefficient (Wildman–Crippen LogP) is 4.68. The molecule has 3 aromatic rings. The number of carbonyl (C=O) groups is 1. The smallest absolute Gasteiger partial charge is 0.257 e. The van der Waals surface area contributed by atoms with Crippen molar-refractivity contribution in [2.75, 3.05) is 13.2 Å². The van der Waals surface area contributed by atoms with E-state index in [0.29, 0.717) is 6.54 Å². The van der Waals surface area contributed by atoms with E-state index in [0.717, 1.165) is 37.1 Å². The van der Waals surface area contributed by atoms with Gasteiger partial charge in [-0.15, -0.1) is 0 Å². The third-order valence-electron chi connectivity index (χ3n) is 5.71. The molecule has 0 bridgehead atoms. The Morgan fingerprint density at radius 3 is 2.30 bits per heavy atom. The van der Waals surface area contributed by atoms with Crippen molar-refractivity contribution in [1.29, 1.82) is 0 Å². The van der Waals surface area contributed by atoms with Crippen molar-refractivity contribution in [2.24, 2.45) is 0 Å². The Balaban J connectivity index is 1.32. The van der Waals surface area contributed by atoms with E-state index in [1.165, 1.54) is 23.1 Å². The number of benzene rings is 2. The fourth-order valence-electron chi connectivity index (χ4n) is 4.17. The van der Waals surface area contributed by atoms with Crippen molar-refractivity contribution in [3.8, 4) is 5.75 Å². The Morgan fingerprint density at radius 2 is 1.60 bits per heavy atom. The van der Waals surface area contributed by atoms with E-state index < -0.39 is 0 Å². The van der Waals surface area contributed by atoms with Gasteiger partial charge in [-0.3, -0.25) is 9.78 Å². The van der Waals surface area contributed by atoms with Crippen LogP contribution in [0.3, 0.4) is 0 Å². The average molecular weight is 401 g/mol. The number of hydrogen-bond donors (Lipinski definition) is 1. The van der Waals surface area contributed by atoms with E-state index in [4.69, 9.17) is 4.74 Å². The number of rotatable bonds is 8. The van der Waals surface area contributed by atoms with Crippen LogP contribution in [0.15, 0.2) is 72.9 Å². The molecule has 0 saturated heterocycles. The normalized spacial score (nSPS) is 13.0. The first kappa shape index (κ1) is 20.1. The number of nitrogens with one attached hydrogen (secondary N) is 1. The van der Waals surface area contributed by atoms with Crippen LogP contribution in [0.5, 0.6) is 5.75 Å². The molecule has 4 rings (SSSR count). The van der Waals surface area contributed by atoms with Gasteiger partial charge in [-0.2, -0.15) is 0 Å². The molecule has 0 spiro atoms. The molecule has 4 nitrogen and oxygen atoms in total. The Hall–Kier alpha value is -3.14. The van der Waals surface area contributed by atoms with Crippen LogP contribution in [0.1, 0.15) is 47.6 Å². The molecule has 0 radical (unpaired) electrons. The van der Waals surface area contributed by atoms with Crippen molar-refractivity contribution >= 4 is 5.91 Å². The molecule has 1 amide bonds. The molecule has 0 saturated carbocycles. The molecule has 1 aromatic heterocycles. The first-order valence-corrected chi connectivity index (χ1v) is 10.8. The van der Waals surface area contributed by atoms with Gasteiger partial charge in [0.2, 0.25) is 0 Å². The molecule has 2 aromatic carbocycles. The number of aromatic nitrogens is 1. The second-order valence-corrected chi connectivity index (χ2v) is 7.74. The lowest BCUT2D eigenvalue weighted by Crippen LogP contribution is -2.30. The monoisotopic (exact) mass is 400 g/mol. The summed E-state index contributed by atoms with van der Waals surface area (Å²) in [4.78, 5) is 16.8. The largest absolute Gasteiger partial charge is 0.483 e. The first-order valence-electron chi connectivity index (χ1n) is 10.8. The van der Waals surface area contributed by atoms with Gasteiger partial charge in [0.25, 0.3) is 5.91 Å². The second kappa shape index (κ2) is 10.1. The Bertz CT molecular complexity index is 918. The van der Waals surface area contributed by atoms with Gasteiger partial charge in [0.15, 0.2) is 6.61 Å². The minimum Gasteiger partial charge on any atom is -0.483 e. The van der Waals surface area contributed by atoms with Gasteiger partial charge in [0.05, 0.1) is 0 Å². The molecule has 1 N–H and O–H groups in total.